The quantitative estimate of drug-likeness (QED) is 0.376. The molecule has 0 saturated heterocycles. The van der Waals surface area contributed by atoms with Gasteiger partial charge in [0.25, 0.3) is 0 Å². The van der Waals surface area contributed by atoms with Crippen LogP contribution >= 0.6 is 0 Å². The maximum Gasteiger partial charge on any atom is 0.0704 e. The summed E-state index contributed by atoms with van der Waals surface area (Å²) in [5, 5.41) is 1.22. The van der Waals surface area contributed by atoms with Crippen molar-refractivity contribution in [2.24, 2.45) is 0 Å². The topological polar surface area (TPSA) is 12.9 Å². The van der Waals surface area contributed by atoms with Crippen molar-refractivity contribution in [3.63, 3.8) is 0 Å². The van der Waals surface area contributed by atoms with E-state index in [1.54, 1.807) is 0 Å². The molecule has 0 fully saturated rings. The molecule has 140 valence electrons. The van der Waals surface area contributed by atoms with E-state index in [1.807, 2.05) is 12.3 Å². The van der Waals surface area contributed by atoms with E-state index in [2.05, 4.69) is 50.0 Å². The van der Waals surface area contributed by atoms with Crippen LogP contribution in [0.15, 0.2) is 36.5 Å². The predicted molar refractivity (Wildman–Crippen MR) is 113 cm³/mol. The molecular weight excluding hydrogens is 302 g/mol. The van der Waals surface area contributed by atoms with E-state index in [9.17, 15) is 0 Å². The zero-order valence-electron chi connectivity index (χ0n) is 16.9. The fourth-order valence-electron chi connectivity index (χ4n) is 3.07. The van der Waals surface area contributed by atoms with Crippen LogP contribution in [0.5, 0.6) is 0 Å². The Kier molecular flexibility index (Phi) is 12.9. The molecule has 0 saturated carbocycles. The van der Waals surface area contributed by atoms with Crippen LogP contribution < -0.4 is 0 Å². The maximum absolute atomic E-state index is 4.29. The minimum absolute atomic E-state index is 1.08. The molecule has 2 aromatic rings. The summed E-state index contributed by atoms with van der Waals surface area (Å²) in [6.45, 7) is 6.72. The lowest BCUT2D eigenvalue weighted by molar-refractivity contribution is 0.554. The highest BCUT2D eigenvalue weighted by molar-refractivity contribution is 5.78. The summed E-state index contributed by atoms with van der Waals surface area (Å²) in [6, 6.07) is 10.5. The second-order valence-electron chi connectivity index (χ2n) is 7.07. The van der Waals surface area contributed by atoms with Crippen molar-refractivity contribution in [3.8, 4) is 0 Å². The SMILES string of the molecule is CCCCCCCCCCCCC.CCc1ccc2cccnc2c1. The summed E-state index contributed by atoms with van der Waals surface area (Å²) in [5.41, 5.74) is 2.44. The van der Waals surface area contributed by atoms with Gasteiger partial charge in [0, 0.05) is 11.6 Å². The van der Waals surface area contributed by atoms with Crippen molar-refractivity contribution in [2.75, 3.05) is 0 Å². The Balaban J connectivity index is 0.000000250. The van der Waals surface area contributed by atoms with Gasteiger partial charge in [-0.2, -0.15) is 0 Å². The highest BCUT2D eigenvalue weighted by Gasteiger charge is 1.93. The lowest BCUT2D eigenvalue weighted by Crippen LogP contribution is -1.81. The zero-order chi connectivity index (χ0) is 18.2. The monoisotopic (exact) mass is 341 g/mol. The van der Waals surface area contributed by atoms with Gasteiger partial charge in [-0.25, -0.2) is 0 Å². The molecule has 0 atom stereocenters. The van der Waals surface area contributed by atoms with Gasteiger partial charge in [-0.15, -0.1) is 0 Å². The van der Waals surface area contributed by atoms with Crippen molar-refractivity contribution >= 4 is 10.9 Å². The number of fused-ring (bicyclic) bond motifs is 1. The molecule has 0 unspecified atom stereocenters. The molecule has 0 amide bonds. The Morgan fingerprint density at radius 1 is 0.680 bits per heavy atom. The van der Waals surface area contributed by atoms with Gasteiger partial charge in [-0.3, -0.25) is 4.98 Å². The number of nitrogens with zero attached hydrogens (tertiary/aromatic N) is 1. The van der Waals surface area contributed by atoms with Gasteiger partial charge in [0.2, 0.25) is 0 Å². The number of benzene rings is 1. The maximum atomic E-state index is 4.29. The molecule has 1 aromatic carbocycles. The first-order valence-corrected chi connectivity index (χ1v) is 10.7. The number of aromatic nitrogens is 1. The van der Waals surface area contributed by atoms with E-state index in [1.165, 1.54) is 81.6 Å². The highest BCUT2D eigenvalue weighted by atomic mass is 14.6. The lowest BCUT2D eigenvalue weighted by atomic mass is 10.1. The molecule has 0 radical (unpaired) electrons. The Hall–Kier alpha value is -1.37. The number of rotatable bonds is 11. The van der Waals surface area contributed by atoms with Crippen LogP contribution in [0.1, 0.15) is 97.0 Å². The van der Waals surface area contributed by atoms with Crippen molar-refractivity contribution in [2.45, 2.75) is 97.8 Å². The standard InChI is InChI=1S/C13H28.C11H11N/c1-3-5-7-9-11-13-12-10-8-6-4-2;1-2-9-5-6-10-4-3-7-12-11(10)8-9/h3-13H2,1-2H3;3-8H,2H2,1H3. The van der Waals surface area contributed by atoms with Crippen molar-refractivity contribution in [3.05, 3.63) is 42.1 Å². The summed E-state index contributed by atoms with van der Waals surface area (Å²) in [4.78, 5) is 4.29. The Morgan fingerprint density at radius 3 is 1.76 bits per heavy atom. The fourth-order valence-corrected chi connectivity index (χ4v) is 3.07. The third-order valence-corrected chi connectivity index (χ3v) is 4.79. The van der Waals surface area contributed by atoms with Crippen LogP contribution in [0.25, 0.3) is 10.9 Å². The van der Waals surface area contributed by atoms with Gasteiger partial charge in [0.05, 0.1) is 5.52 Å². The van der Waals surface area contributed by atoms with E-state index in [0.29, 0.717) is 0 Å². The third-order valence-electron chi connectivity index (χ3n) is 4.79. The van der Waals surface area contributed by atoms with Crippen LogP contribution in [-0.4, -0.2) is 4.98 Å². The lowest BCUT2D eigenvalue weighted by Gasteiger charge is -2.00. The second kappa shape index (κ2) is 14.9. The minimum Gasteiger partial charge on any atom is -0.256 e. The van der Waals surface area contributed by atoms with Crippen LogP contribution in [-0.2, 0) is 6.42 Å². The molecule has 0 bridgehead atoms. The molecule has 0 aliphatic carbocycles. The summed E-state index contributed by atoms with van der Waals surface area (Å²) < 4.78 is 0. The van der Waals surface area contributed by atoms with Crippen LogP contribution in [0, 0.1) is 0 Å². The number of aryl methyl sites for hydroxylation is 1. The molecule has 1 heterocycles. The van der Waals surface area contributed by atoms with Gasteiger partial charge in [-0.1, -0.05) is 110 Å². The van der Waals surface area contributed by atoms with E-state index in [4.69, 9.17) is 0 Å². The third kappa shape index (κ3) is 10.3. The molecule has 1 nitrogen and oxygen atoms in total. The van der Waals surface area contributed by atoms with Crippen LogP contribution in [0.2, 0.25) is 0 Å². The molecule has 1 aromatic heterocycles. The average molecular weight is 342 g/mol. The number of pyridine rings is 1. The first kappa shape index (κ1) is 21.7. The highest BCUT2D eigenvalue weighted by Crippen LogP contribution is 2.13. The first-order chi connectivity index (χ1) is 12.3. The molecule has 0 aliphatic rings. The summed E-state index contributed by atoms with van der Waals surface area (Å²) in [6.07, 6.45) is 18.8. The Bertz CT molecular complexity index is 537. The van der Waals surface area contributed by atoms with Gasteiger partial charge in [0.15, 0.2) is 0 Å². The molecule has 1 heteroatoms. The second-order valence-corrected chi connectivity index (χ2v) is 7.07. The van der Waals surface area contributed by atoms with E-state index in [-0.39, 0.29) is 0 Å². The van der Waals surface area contributed by atoms with Crippen LogP contribution in [0.4, 0.5) is 0 Å². The molecular formula is C24H39N. The average Bonchev–Trinajstić information content (AvgIpc) is 2.67. The number of hydrogen-bond acceptors (Lipinski definition) is 1. The molecule has 2 rings (SSSR count). The summed E-state index contributed by atoms with van der Waals surface area (Å²) in [7, 11) is 0. The number of hydrogen-bond donors (Lipinski definition) is 0. The van der Waals surface area contributed by atoms with Gasteiger partial charge < -0.3 is 0 Å². The minimum atomic E-state index is 1.08. The van der Waals surface area contributed by atoms with E-state index >= 15 is 0 Å². The van der Waals surface area contributed by atoms with Gasteiger partial charge in [0.1, 0.15) is 0 Å². The first-order valence-electron chi connectivity index (χ1n) is 10.7. The van der Waals surface area contributed by atoms with Crippen molar-refractivity contribution in [1.82, 2.24) is 4.98 Å². The molecule has 0 N–H and O–H groups in total. The largest absolute Gasteiger partial charge is 0.256 e. The van der Waals surface area contributed by atoms with Crippen molar-refractivity contribution < 1.29 is 0 Å². The Labute approximate surface area is 156 Å². The zero-order valence-corrected chi connectivity index (χ0v) is 16.9. The van der Waals surface area contributed by atoms with Crippen molar-refractivity contribution in [1.29, 1.82) is 0 Å². The molecule has 0 aliphatic heterocycles. The predicted octanol–water partition coefficient (Wildman–Crippen LogP) is 8.11. The van der Waals surface area contributed by atoms with Gasteiger partial charge >= 0.3 is 0 Å². The molecule has 0 spiro atoms. The molecule has 25 heavy (non-hydrogen) atoms. The smallest absolute Gasteiger partial charge is 0.0704 e. The van der Waals surface area contributed by atoms with Crippen LogP contribution in [0.3, 0.4) is 0 Å². The van der Waals surface area contributed by atoms with E-state index < -0.39 is 0 Å². The summed E-state index contributed by atoms with van der Waals surface area (Å²) in [5.74, 6) is 0. The van der Waals surface area contributed by atoms with E-state index in [0.717, 1.165) is 11.9 Å². The fraction of sp³-hybridized carbons (Fsp3) is 0.625. The summed E-state index contributed by atoms with van der Waals surface area (Å²) >= 11 is 0. The normalized spacial score (nSPS) is 10.5. The Morgan fingerprint density at radius 2 is 1.24 bits per heavy atom. The number of unbranched alkanes of at least 4 members (excludes halogenated alkanes) is 10. The van der Waals surface area contributed by atoms with Gasteiger partial charge in [-0.05, 0) is 24.1 Å².